The van der Waals surface area contributed by atoms with Crippen LogP contribution in [0.1, 0.15) is 24.5 Å². The van der Waals surface area contributed by atoms with Gasteiger partial charge in [0, 0.05) is 57.4 Å². The molecule has 1 aliphatic rings. The lowest BCUT2D eigenvalue weighted by atomic mass is 10.1. The highest BCUT2D eigenvalue weighted by Crippen LogP contribution is 2.25. The highest BCUT2D eigenvalue weighted by molar-refractivity contribution is 5.94. The van der Waals surface area contributed by atoms with E-state index in [1.165, 1.54) is 5.69 Å². The van der Waals surface area contributed by atoms with Crippen molar-refractivity contribution in [2.24, 2.45) is 0 Å². The summed E-state index contributed by atoms with van der Waals surface area (Å²) in [4.78, 5) is 30.9. The van der Waals surface area contributed by atoms with Crippen molar-refractivity contribution in [2.45, 2.75) is 27.2 Å². The minimum atomic E-state index is -0.0286. The molecule has 0 N–H and O–H groups in total. The van der Waals surface area contributed by atoms with Gasteiger partial charge in [-0.25, -0.2) is 0 Å². The third-order valence-electron chi connectivity index (χ3n) is 5.39. The average Bonchev–Trinajstić information content (AvgIpc) is 2.70. The predicted octanol–water partition coefficient (Wildman–Crippen LogP) is 3.40. The number of hydrogen-bond donors (Lipinski definition) is 0. The first-order valence-corrected chi connectivity index (χ1v) is 9.89. The van der Waals surface area contributed by atoms with Gasteiger partial charge in [0.25, 0.3) is 0 Å². The average molecular weight is 380 g/mol. The van der Waals surface area contributed by atoms with Crippen LogP contribution in [0.5, 0.6) is 0 Å². The molecule has 0 saturated carbocycles. The van der Waals surface area contributed by atoms with Crippen molar-refractivity contribution in [1.29, 1.82) is 0 Å². The van der Waals surface area contributed by atoms with Crippen LogP contribution in [0.25, 0.3) is 0 Å². The second kappa shape index (κ2) is 8.91. The van der Waals surface area contributed by atoms with Gasteiger partial charge in [0.15, 0.2) is 0 Å². The molecule has 1 aliphatic heterocycles. The Bertz CT molecular complexity index is 807. The molecule has 0 bridgehead atoms. The number of carbonyl (C=O) groups is 2. The first-order valence-electron chi connectivity index (χ1n) is 9.89. The van der Waals surface area contributed by atoms with E-state index >= 15 is 0 Å². The van der Waals surface area contributed by atoms with Gasteiger partial charge in [-0.3, -0.25) is 9.59 Å². The fourth-order valence-corrected chi connectivity index (χ4v) is 3.88. The van der Waals surface area contributed by atoms with Gasteiger partial charge in [-0.15, -0.1) is 0 Å². The molecule has 0 radical (unpaired) electrons. The van der Waals surface area contributed by atoms with Gasteiger partial charge >= 0.3 is 0 Å². The lowest BCUT2D eigenvalue weighted by Gasteiger charge is -2.36. The van der Waals surface area contributed by atoms with Gasteiger partial charge in [0.05, 0.1) is 0 Å². The standard InChI is InChI=1S/C23H29N3O2/c1-18-8-7-9-19(2)23(18)26(20(3)27)13-12-22(28)25-16-14-24(15-17-25)21-10-5-4-6-11-21/h4-11H,12-17H2,1-3H3. The Labute approximate surface area is 167 Å². The Morgan fingerprint density at radius 1 is 0.893 bits per heavy atom. The molecule has 5 heteroatoms. The van der Waals surface area contributed by atoms with E-state index in [1.807, 2.05) is 55.1 Å². The molecule has 1 fully saturated rings. The number of rotatable bonds is 5. The van der Waals surface area contributed by atoms with Crippen LogP contribution in [0.15, 0.2) is 48.5 Å². The molecular formula is C23H29N3O2. The van der Waals surface area contributed by atoms with Crippen LogP contribution in [0, 0.1) is 13.8 Å². The lowest BCUT2D eigenvalue weighted by Crippen LogP contribution is -2.49. The number of benzene rings is 2. The summed E-state index contributed by atoms with van der Waals surface area (Å²) >= 11 is 0. The zero-order valence-electron chi connectivity index (χ0n) is 17.0. The summed E-state index contributed by atoms with van der Waals surface area (Å²) < 4.78 is 0. The molecule has 28 heavy (non-hydrogen) atoms. The van der Waals surface area contributed by atoms with E-state index in [9.17, 15) is 9.59 Å². The van der Waals surface area contributed by atoms with Crippen LogP contribution in [-0.2, 0) is 9.59 Å². The normalized spacial score (nSPS) is 14.1. The minimum absolute atomic E-state index is 0.0286. The number of carbonyl (C=O) groups excluding carboxylic acids is 2. The fourth-order valence-electron chi connectivity index (χ4n) is 3.88. The topological polar surface area (TPSA) is 43.9 Å². The van der Waals surface area contributed by atoms with Crippen molar-refractivity contribution in [3.63, 3.8) is 0 Å². The quantitative estimate of drug-likeness (QED) is 0.800. The Morgan fingerprint density at radius 3 is 2.07 bits per heavy atom. The molecule has 0 aromatic heterocycles. The summed E-state index contributed by atoms with van der Waals surface area (Å²) in [5.41, 5.74) is 4.24. The van der Waals surface area contributed by atoms with Gasteiger partial charge in [-0.05, 0) is 37.1 Å². The van der Waals surface area contributed by atoms with Crippen molar-refractivity contribution in [2.75, 3.05) is 42.5 Å². The Morgan fingerprint density at radius 2 is 1.50 bits per heavy atom. The number of piperazine rings is 1. The monoisotopic (exact) mass is 379 g/mol. The van der Waals surface area contributed by atoms with Gasteiger partial charge in [0.1, 0.15) is 0 Å². The minimum Gasteiger partial charge on any atom is -0.368 e. The lowest BCUT2D eigenvalue weighted by molar-refractivity contribution is -0.131. The molecule has 2 amide bonds. The first-order chi connectivity index (χ1) is 13.5. The molecule has 1 heterocycles. The van der Waals surface area contributed by atoms with Crippen molar-refractivity contribution >= 4 is 23.2 Å². The van der Waals surface area contributed by atoms with Crippen LogP contribution in [0.3, 0.4) is 0 Å². The van der Waals surface area contributed by atoms with Crippen LogP contribution in [0.2, 0.25) is 0 Å². The zero-order chi connectivity index (χ0) is 20.1. The van der Waals surface area contributed by atoms with Crippen molar-refractivity contribution < 1.29 is 9.59 Å². The van der Waals surface area contributed by atoms with E-state index in [4.69, 9.17) is 0 Å². The number of nitrogens with zero attached hydrogens (tertiary/aromatic N) is 3. The van der Waals surface area contributed by atoms with Crippen LogP contribution < -0.4 is 9.80 Å². The molecule has 0 unspecified atom stereocenters. The third kappa shape index (κ3) is 4.53. The van der Waals surface area contributed by atoms with Crippen molar-refractivity contribution in [3.8, 4) is 0 Å². The molecule has 1 saturated heterocycles. The Balaban J connectivity index is 1.58. The fraction of sp³-hybridized carbons (Fsp3) is 0.391. The largest absolute Gasteiger partial charge is 0.368 e. The van der Waals surface area contributed by atoms with Gasteiger partial charge in [-0.1, -0.05) is 36.4 Å². The number of aryl methyl sites for hydroxylation is 2. The molecule has 148 valence electrons. The molecule has 5 nitrogen and oxygen atoms in total. The molecule has 2 aromatic carbocycles. The summed E-state index contributed by atoms with van der Waals surface area (Å²) in [5, 5.41) is 0. The number of anilines is 2. The van der Waals surface area contributed by atoms with Gasteiger partial charge in [0.2, 0.25) is 11.8 Å². The first kappa shape index (κ1) is 19.9. The molecule has 0 atom stereocenters. The third-order valence-corrected chi connectivity index (χ3v) is 5.39. The molecule has 0 spiro atoms. The summed E-state index contributed by atoms with van der Waals surface area (Å²) in [5.74, 6) is 0.0873. The van der Waals surface area contributed by atoms with E-state index < -0.39 is 0 Å². The molecule has 3 rings (SSSR count). The SMILES string of the molecule is CC(=O)N(CCC(=O)N1CCN(c2ccccc2)CC1)c1c(C)cccc1C. The van der Waals surface area contributed by atoms with Crippen LogP contribution in [-0.4, -0.2) is 49.4 Å². The smallest absolute Gasteiger partial charge is 0.224 e. The zero-order valence-corrected chi connectivity index (χ0v) is 17.0. The number of hydrogen-bond acceptors (Lipinski definition) is 3. The summed E-state index contributed by atoms with van der Waals surface area (Å²) in [6.07, 6.45) is 0.346. The number of para-hydroxylation sites is 2. The highest BCUT2D eigenvalue weighted by atomic mass is 16.2. The number of amides is 2. The van der Waals surface area contributed by atoms with E-state index in [1.54, 1.807) is 11.8 Å². The van der Waals surface area contributed by atoms with Crippen molar-refractivity contribution in [3.05, 3.63) is 59.7 Å². The van der Waals surface area contributed by atoms with Gasteiger partial charge in [-0.2, -0.15) is 0 Å². The predicted molar refractivity (Wildman–Crippen MR) is 114 cm³/mol. The van der Waals surface area contributed by atoms with Crippen LogP contribution >= 0.6 is 0 Å². The van der Waals surface area contributed by atoms with E-state index in [-0.39, 0.29) is 11.8 Å². The molecule has 0 aliphatic carbocycles. The maximum Gasteiger partial charge on any atom is 0.224 e. The second-order valence-corrected chi connectivity index (χ2v) is 7.36. The molecule has 2 aromatic rings. The van der Waals surface area contributed by atoms with Crippen molar-refractivity contribution in [1.82, 2.24) is 4.90 Å². The maximum absolute atomic E-state index is 12.7. The van der Waals surface area contributed by atoms with E-state index in [2.05, 4.69) is 17.0 Å². The summed E-state index contributed by atoms with van der Waals surface area (Å²) in [7, 11) is 0. The summed E-state index contributed by atoms with van der Waals surface area (Å²) in [6.45, 7) is 9.10. The Hall–Kier alpha value is -2.82. The highest BCUT2D eigenvalue weighted by Gasteiger charge is 2.23. The molecular weight excluding hydrogens is 350 g/mol. The van der Waals surface area contributed by atoms with E-state index in [0.717, 1.165) is 43.0 Å². The maximum atomic E-state index is 12.7. The van der Waals surface area contributed by atoms with Crippen LogP contribution in [0.4, 0.5) is 11.4 Å². The summed E-state index contributed by atoms with van der Waals surface area (Å²) in [6, 6.07) is 16.3. The van der Waals surface area contributed by atoms with Gasteiger partial charge < -0.3 is 14.7 Å². The Kier molecular flexibility index (Phi) is 6.34. The second-order valence-electron chi connectivity index (χ2n) is 7.36. The van der Waals surface area contributed by atoms with E-state index in [0.29, 0.717) is 13.0 Å².